The van der Waals surface area contributed by atoms with E-state index in [0.29, 0.717) is 25.9 Å². The fourth-order valence-corrected chi connectivity index (χ4v) is 2.67. The number of aryl methyl sites for hydroxylation is 1. The maximum absolute atomic E-state index is 11.5. The monoisotopic (exact) mass is 256 g/mol. The standard InChI is InChI=1S/C12H20N2O2S/c1-11-4-2-5-12(10-11)6-8-14-17(15,16)9-3-7-13/h2,4-5,10,14H,3,6-9,13H2,1H3. The van der Waals surface area contributed by atoms with Gasteiger partial charge in [-0.05, 0) is 31.9 Å². The Bertz CT molecular complexity index is 444. The fourth-order valence-electron chi connectivity index (χ4n) is 1.56. The topological polar surface area (TPSA) is 72.2 Å². The molecule has 0 aliphatic rings. The zero-order valence-corrected chi connectivity index (χ0v) is 11.0. The lowest BCUT2D eigenvalue weighted by Crippen LogP contribution is -2.29. The van der Waals surface area contributed by atoms with Crippen molar-refractivity contribution in [3.63, 3.8) is 0 Å². The highest BCUT2D eigenvalue weighted by molar-refractivity contribution is 7.89. The minimum absolute atomic E-state index is 0.108. The molecule has 0 spiro atoms. The van der Waals surface area contributed by atoms with Gasteiger partial charge in [0, 0.05) is 6.54 Å². The van der Waals surface area contributed by atoms with Gasteiger partial charge in [-0.2, -0.15) is 0 Å². The molecule has 0 aliphatic heterocycles. The van der Waals surface area contributed by atoms with Gasteiger partial charge in [-0.1, -0.05) is 29.8 Å². The summed E-state index contributed by atoms with van der Waals surface area (Å²) in [6.45, 7) is 2.87. The molecule has 0 atom stereocenters. The van der Waals surface area contributed by atoms with Gasteiger partial charge in [-0.15, -0.1) is 0 Å². The van der Waals surface area contributed by atoms with Gasteiger partial charge in [0.2, 0.25) is 10.0 Å². The van der Waals surface area contributed by atoms with Crippen LogP contribution < -0.4 is 10.5 Å². The van der Waals surface area contributed by atoms with Gasteiger partial charge in [-0.3, -0.25) is 0 Å². The summed E-state index contributed by atoms with van der Waals surface area (Å²) in [4.78, 5) is 0. The molecule has 0 unspecified atom stereocenters. The van der Waals surface area contributed by atoms with Crippen LogP contribution in [0.15, 0.2) is 24.3 Å². The molecule has 0 aromatic heterocycles. The largest absolute Gasteiger partial charge is 0.330 e. The van der Waals surface area contributed by atoms with Crippen molar-refractivity contribution in [3.8, 4) is 0 Å². The predicted molar refractivity (Wildman–Crippen MR) is 70.3 cm³/mol. The molecule has 17 heavy (non-hydrogen) atoms. The van der Waals surface area contributed by atoms with Crippen LogP contribution >= 0.6 is 0 Å². The van der Waals surface area contributed by atoms with Crippen LogP contribution in [0.3, 0.4) is 0 Å². The Kier molecular flexibility index (Phi) is 5.61. The minimum Gasteiger partial charge on any atom is -0.330 e. The molecule has 0 saturated carbocycles. The first-order valence-corrected chi connectivity index (χ1v) is 7.42. The Hall–Kier alpha value is -0.910. The molecule has 0 bridgehead atoms. The normalized spacial score (nSPS) is 11.6. The number of nitrogens with one attached hydrogen (secondary N) is 1. The summed E-state index contributed by atoms with van der Waals surface area (Å²) in [6, 6.07) is 8.07. The van der Waals surface area contributed by atoms with Crippen molar-refractivity contribution in [1.29, 1.82) is 0 Å². The second-order valence-electron chi connectivity index (χ2n) is 4.09. The van der Waals surface area contributed by atoms with Gasteiger partial charge in [0.15, 0.2) is 0 Å². The Morgan fingerprint density at radius 1 is 1.35 bits per heavy atom. The molecule has 0 amide bonds. The second-order valence-corrected chi connectivity index (χ2v) is 6.02. The Morgan fingerprint density at radius 2 is 2.12 bits per heavy atom. The smallest absolute Gasteiger partial charge is 0.211 e. The number of rotatable bonds is 7. The molecule has 0 saturated heterocycles. The predicted octanol–water partition coefficient (Wildman–Crippen LogP) is 0.806. The average molecular weight is 256 g/mol. The lowest BCUT2D eigenvalue weighted by Gasteiger charge is -2.06. The summed E-state index contributed by atoms with van der Waals surface area (Å²) in [7, 11) is -3.15. The number of nitrogens with two attached hydrogens (primary N) is 1. The highest BCUT2D eigenvalue weighted by Gasteiger charge is 2.08. The Balaban J connectivity index is 2.37. The fraction of sp³-hybridized carbons (Fsp3) is 0.500. The van der Waals surface area contributed by atoms with Crippen LogP contribution in [-0.2, 0) is 16.4 Å². The van der Waals surface area contributed by atoms with Crippen molar-refractivity contribution in [3.05, 3.63) is 35.4 Å². The summed E-state index contributed by atoms with van der Waals surface area (Å²) in [5.41, 5.74) is 7.61. The maximum Gasteiger partial charge on any atom is 0.211 e. The van der Waals surface area contributed by atoms with Crippen molar-refractivity contribution < 1.29 is 8.42 Å². The van der Waals surface area contributed by atoms with Crippen molar-refractivity contribution >= 4 is 10.0 Å². The van der Waals surface area contributed by atoms with Crippen LogP contribution in [-0.4, -0.2) is 27.3 Å². The molecule has 5 heteroatoms. The van der Waals surface area contributed by atoms with Crippen LogP contribution in [0.2, 0.25) is 0 Å². The molecule has 0 fully saturated rings. The van der Waals surface area contributed by atoms with E-state index in [4.69, 9.17) is 5.73 Å². The molecule has 96 valence electrons. The first kappa shape index (κ1) is 14.2. The summed E-state index contributed by atoms with van der Waals surface area (Å²) in [5.74, 6) is 0.108. The van der Waals surface area contributed by atoms with Crippen molar-refractivity contribution in [2.24, 2.45) is 5.73 Å². The van der Waals surface area contributed by atoms with Crippen molar-refractivity contribution in [2.75, 3.05) is 18.8 Å². The third-order valence-electron chi connectivity index (χ3n) is 2.44. The van der Waals surface area contributed by atoms with E-state index in [2.05, 4.69) is 10.8 Å². The van der Waals surface area contributed by atoms with E-state index in [0.717, 1.165) is 5.56 Å². The molecule has 3 N–H and O–H groups in total. The van der Waals surface area contributed by atoms with E-state index in [1.165, 1.54) is 5.56 Å². The Labute approximate surface area is 103 Å². The van der Waals surface area contributed by atoms with Crippen LogP contribution in [0.5, 0.6) is 0 Å². The molecule has 1 aromatic rings. The van der Waals surface area contributed by atoms with Gasteiger partial charge in [0.25, 0.3) is 0 Å². The maximum atomic E-state index is 11.5. The van der Waals surface area contributed by atoms with E-state index >= 15 is 0 Å². The Morgan fingerprint density at radius 3 is 2.76 bits per heavy atom. The molecular formula is C12H20N2O2S. The third-order valence-corrected chi connectivity index (χ3v) is 3.91. The molecule has 4 nitrogen and oxygen atoms in total. The SMILES string of the molecule is Cc1cccc(CCNS(=O)(=O)CCCN)c1. The molecule has 0 aliphatic carbocycles. The van der Waals surface area contributed by atoms with Crippen LogP contribution in [0.25, 0.3) is 0 Å². The van der Waals surface area contributed by atoms with E-state index in [1.54, 1.807) is 0 Å². The first-order valence-electron chi connectivity index (χ1n) is 5.76. The molecule has 1 aromatic carbocycles. The van der Waals surface area contributed by atoms with E-state index < -0.39 is 10.0 Å². The summed E-state index contributed by atoms with van der Waals surface area (Å²) < 4.78 is 25.5. The van der Waals surface area contributed by atoms with E-state index in [9.17, 15) is 8.42 Å². The minimum atomic E-state index is -3.15. The van der Waals surface area contributed by atoms with Gasteiger partial charge in [-0.25, -0.2) is 13.1 Å². The second kappa shape index (κ2) is 6.74. The molecular weight excluding hydrogens is 236 g/mol. The van der Waals surface area contributed by atoms with E-state index in [1.807, 2.05) is 25.1 Å². The van der Waals surface area contributed by atoms with Crippen LogP contribution in [0.4, 0.5) is 0 Å². The lowest BCUT2D eigenvalue weighted by molar-refractivity contribution is 0.579. The molecule has 1 rings (SSSR count). The first-order chi connectivity index (χ1) is 8.03. The van der Waals surface area contributed by atoms with Crippen LogP contribution in [0, 0.1) is 6.92 Å². The van der Waals surface area contributed by atoms with Gasteiger partial charge in [0.1, 0.15) is 0 Å². The van der Waals surface area contributed by atoms with Gasteiger partial charge >= 0.3 is 0 Å². The summed E-state index contributed by atoms with van der Waals surface area (Å²) >= 11 is 0. The molecule has 0 radical (unpaired) electrons. The summed E-state index contributed by atoms with van der Waals surface area (Å²) in [5, 5.41) is 0. The van der Waals surface area contributed by atoms with Gasteiger partial charge in [0.05, 0.1) is 5.75 Å². The lowest BCUT2D eigenvalue weighted by atomic mass is 10.1. The third kappa shape index (κ3) is 5.81. The number of sulfonamides is 1. The highest BCUT2D eigenvalue weighted by Crippen LogP contribution is 2.04. The van der Waals surface area contributed by atoms with Crippen molar-refractivity contribution in [2.45, 2.75) is 19.8 Å². The van der Waals surface area contributed by atoms with Crippen molar-refractivity contribution in [1.82, 2.24) is 4.72 Å². The zero-order valence-electron chi connectivity index (χ0n) is 10.1. The summed E-state index contributed by atoms with van der Waals surface area (Å²) in [6.07, 6.45) is 1.21. The molecule has 0 heterocycles. The number of hydrogen-bond acceptors (Lipinski definition) is 3. The van der Waals surface area contributed by atoms with Crippen LogP contribution in [0.1, 0.15) is 17.5 Å². The number of benzene rings is 1. The zero-order chi connectivity index (χ0) is 12.7. The van der Waals surface area contributed by atoms with E-state index in [-0.39, 0.29) is 5.75 Å². The average Bonchev–Trinajstić information content (AvgIpc) is 2.26. The van der Waals surface area contributed by atoms with Gasteiger partial charge < -0.3 is 5.73 Å². The highest BCUT2D eigenvalue weighted by atomic mass is 32.2. The quantitative estimate of drug-likeness (QED) is 0.758. The number of hydrogen-bond donors (Lipinski definition) is 2.